The van der Waals surface area contributed by atoms with Crippen LogP contribution in [0.2, 0.25) is 5.02 Å². The van der Waals surface area contributed by atoms with E-state index in [0.29, 0.717) is 27.9 Å². The summed E-state index contributed by atoms with van der Waals surface area (Å²) in [5, 5.41) is 9.88. The van der Waals surface area contributed by atoms with Gasteiger partial charge in [-0.05, 0) is 30.7 Å². The van der Waals surface area contributed by atoms with Gasteiger partial charge >= 0.3 is 0 Å². The Bertz CT molecular complexity index is 1200. The van der Waals surface area contributed by atoms with Crippen LogP contribution in [0.4, 0.5) is 0 Å². The zero-order valence-electron chi connectivity index (χ0n) is 14.8. The number of pyridine rings is 1. The molecule has 4 rings (SSSR count). The van der Waals surface area contributed by atoms with Gasteiger partial charge in [0.05, 0.1) is 10.7 Å². The van der Waals surface area contributed by atoms with Crippen LogP contribution in [0.1, 0.15) is 11.3 Å². The summed E-state index contributed by atoms with van der Waals surface area (Å²) < 4.78 is 3.45. The van der Waals surface area contributed by atoms with Crippen molar-refractivity contribution in [2.75, 3.05) is 0 Å². The number of benzene rings is 1. The summed E-state index contributed by atoms with van der Waals surface area (Å²) in [6.45, 7) is 1.94. The van der Waals surface area contributed by atoms with Gasteiger partial charge in [0.1, 0.15) is 5.65 Å². The van der Waals surface area contributed by atoms with Crippen LogP contribution < -0.4 is 5.56 Å². The lowest BCUT2D eigenvalue weighted by Gasteiger charge is -2.07. The van der Waals surface area contributed by atoms with Gasteiger partial charge in [0.2, 0.25) is 0 Å². The maximum absolute atomic E-state index is 12.3. The third-order valence-corrected chi connectivity index (χ3v) is 5.62. The second kappa shape index (κ2) is 7.17. The molecule has 0 atom stereocenters. The minimum atomic E-state index is -0.0889. The standard InChI is InChI=1S/C19H16ClN5OS/c1-12-6-5-9-25-16(26)10-13(21-17(12)25)11-27-19-23-22-18(24(19)2)14-7-3-4-8-15(14)20/h3-10H,11H2,1-2H3. The van der Waals surface area contributed by atoms with Gasteiger partial charge in [-0.15, -0.1) is 10.2 Å². The Kier molecular flexibility index (Phi) is 4.72. The lowest BCUT2D eigenvalue weighted by molar-refractivity contribution is 0.793. The number of aromatic nitrogens is 5. The van der Waals surface area contributed by atoms with Crippen molar-refractivity contribution in [2.45, 2.75) is 17.8 Å². The first-order valence-electron chi connectivity index (χ1n) is 8.29. The van der Waals surface area contributed by atoms with Crippen molar-refractivity contribution in [2.24, 2.45) is 7.05 Å². The molecule has 0 fully saturated rings. The topological polar surface area (TPSA) is 65.1 Å². The van der Waals surface area contributed by atoms with E-state index in [-0.39, 0.29) is 5.56 Å². The van der Waals surface area contributed by atoms with Gasteiger partial charge in [0.15, 0.2) is 11.0 Å². The van der Waals surface area contributed by atoms with Crippen LogP contribution in [0.3, 0.4) is 0 Å². The fourth-order valence-electron chi connectivity index (χ4n) is 2.84. The quantitative estimate of drug-likeness (QED) is 0.491. The second-order valence-electron chi connectivity index (χ2n) is 6.10. The number of hydrogen-bond donors (Lipinski definition) is 0. The molecule has 4 aromatic rings. The number of thioether (sulfide) groups is 1. The molecule has 0 bridgehead atoms. The van der Waals surface area contributed by atoms with E-state index >= 15 is 0 Å². The zero-order chi connectivity index (χ0) is 19.0. The summed E-state index contributed by atoms with van der Waals surface area (Å²) in [5.74, 6) is 1.22. The normalized spacial score (nSPS) is 11.2. The van der Waals surface area contributed by atoms with Crippen molar-refractivity contribution >= 4 is 29.0 Å². The predicted molar refractivity (Wildman–Crippen MR) is 107 cm³/mol. The number of aryl methyl sites for hydroxylation is 1. The first-order chi connectivity index (χ1) is 13.0. The highest BCUT2D eigenvalue weighted by Gasteiger charge is 2.14. The minimum Gasteiger partial charge on any atom is -0.305 e. The van der Waals surface area contributed by atoms with Gasteiger partial charge in [-0.3, -0.25) is 9.20 Å². The fourth-order valence-corrected chi connectivity index (χ4v) is 3.86. The summed E-state index contributed by atoms with van der Waals surface area (Å²) >= 11 is 7.75. The third kappa shape index (κ3) is 3.36. The maximum Gasteiger partial charge on any atom is 0.258 e. The van der Waals surface area contributed by atoms with Gasteiger partial charge in [-0.1, -0.05) is 41.6 Å². The Balaban J connectivity index is 1.62. The van der Waals surface area contributed by atoms with Gasteiger partial charge in [0.25, 0.3) is 5.56 Å². The predicted octanol–water partition coefficient (Wildman–Crippen LogP) is 3.74. The maximum atomic E-state index is 12.3. The summed E-state index contributed by atoms with van der Waals surface area (Å²) in [5.41, 5.74) is 3.09. The molecule has 136 valence electrons. The minimum absolute atomic E-state index is 0.0889. The average molecular weight is 398 g/mol. The molecule has 0 amide bonds. The number of nitrogens with zero attached hydrogens (tertiary/aromatic N) is 5. The van der Waals surface area contributed by atoms with Crippen LogP contribution in [0.15, 0.2) is 58.6 Å². The summed E-state index contributed by atoms with van der Waals surface area (Å²) in [4.78, 5) is 16.9. The zero-order valence-corrected chi connectivity index (χ0v) is 16.3. The molecular weight excluding hydrogens is 382 g/mol. The molecule has 0 saturated carbocycles. The number of halogens is 1. The molecule has 0 spiro atoms. The number of hydrogen-bond acceptors (Lipinski definition) is 5. The van der Waals surface area contributed by atoms with E-state index < -0.39 is 0 Å². The van der Waals surface area contributed by atoms with Gasteiger partial charge in [-0.25, -0.2) is 4.98 Å². The highest BCUT2D eigenvalue weighted by molar-refractivity contribution is 7.98. The molecule has 0 radical (unpaired) electrons. The van der Waals surface area contributed by atoms with Crippen LogP contribution in [-0.4, -0.2) is 24.1 Å². The molecule has 1 aromatic carbocycles. The monoisotopic (exact) mass is 397 g/mol. The third-order valence-electron chi connectivity index (χ3n) is 4.24. The Labute approximate surface area is 164 Å². The molecule has 3 heterocycles. The SMILES string of the molecule is Cc1cccn2c(=O)cc(CSc3nnc(-c4ccccc4Cl)n3C)nc12. The molecular formula is C19H16ClN5OS. The Morgan fingerprint density at radius 3 is 2.78 bits per heavy atom. The van der Waals surface area contributed by atoms with Crippen molar-refractivity contribution in [1.82, 2.24) is 24.1 Å². The summed E-state index contributed by atoms with van der Waals surface area (Å²) in [7, 11) is 1.90. The van der Waals surface area contributed by atoms with Crippen LogP contribution in [0.25, 0.3) is 17.0 Å². The van der Waals surface area contributed by atoms with E-state index in [1.807, 2.05) is 54.9 Å². The summed E-state index contributed by atoms with van der Waals surface area (Å²) in [6.07, 6.45) is 1.73. The molecule has 0 aliphatic rings. The Morgan fingerprint density at radius 2 is 1.96 bits per heavy atom. The molecule has 8 heteroatoms. The van der Waals surface area contributed by atoms with Gasteiger partial charge in [-0.2, -0.15) is 0 Å². The highest BCUT2D eigenvalue weighted by Crippen LogP contribution is 2.29. The molecule has 0 N–H and O–H groups in total. The molecule has 6 nitrogen and oxygen atoms in total. The molecule has 0 saturated heterocycles. The smallest absolute Gasteiger partial charge is 0.258 e. The van der Waals surface area contributed by atoms with Crippen molar-refractivity contribution in [3.05, 3.63) is 75.3 Å². The van der Waals surface area contributed by atoms with Crippen LogP contribution in [-0.2, 0) is 12.8 Å². The Hall–Kier alpha value is -2.64. The molecule has 0 aliphatic carbocycles. The molecule has 27 heavy (non-hydrogen) atoms. The van der Waals surface area contributed by atoms with Crippen molar-refractivity contribution in [3.63, 3.8) is 0 Å². The van der Waals surface area contributed by atoms with E-state index in [4.69, 9.17) is 11.6 Å². The van der Waals surface area contributed by atoms with E-state index in [1.54, 1.807) is 16.7 Å². The fraction of sp³-hybridized carbons (Fsp3) is 0.158. The van der Waals surface area contributed by atoms with E-state index in [0.717, 1.165) is 16.3 Å². The van der Waals surface area contributed by atoms with Gasteiger partial charge in [0, 0.05) is 30.6 Å². The Morgan fingerprint density at radius 1 is 1.15 bits per heavy atom. The first kappa shape index (κ1) is 17.8. The van der Waals surface area contributed by atoms with E-state index in [2.05, 4.69) is 15.2 Å². The lowest BCUT2D eigenvalue weighted by Crippen LogP contribution is -2.15. The van der Waals surface area contributed by atoms with Crippen molar-refractivity contribution in [1.29, 1.82) is 0 Å². The number of rotatable bonds is 4. The van der Waals surface area contributed by atoms with Crippen molar-refractivity contribution < 1.29 is 0 Å². The molecule has 3 aromatic heterocycles. The number of fused-ring (bicyclic) bond motifs is 1. The lowest BCUT2D eigenvalue weighted by atomic mass is 10.2. The van der Waals surface area contributed by atoms with E-state index in [1.165, 1.54) is 11.8 Å². The van der Waals surface area contributed by atoms with Crippen LogP contribution in [0, 0.1) is 6.92 Å². The average Bonchev–Trinajstić information content (AvgIpc) is 3.02. The molecule has 0 aliphatic heterocycles. The van der Waals surface area contributed by atoms with Crippen molar-refractivity contribution in [3.8, 4) is 11.4 Å². The largest absolute Gasteiger partial charge is 0.305 e. The van der Waals surface area contributed by atoms with Crippen LogP contribution in [0.5, 0.6) is 0 Å². The summed E-state index contributed by atoms with van der Waals surface area (Å²) in [6, 6.07) is 12.9. The highest BCUT2D eigenvalue weighted by atomic mass is 35.5. The van der Waals surface area contributed by atoms with Gasteiger partial charge < -0.3 is 4.57 Å². The van der Waals surface area contributed by atoms with E-state index in [9.17, 15) is 4.79 Å². The molecule has 0 unspecified atom stereocenters. The second-order valence-corrected chi connectivity index (χ2v) is 7.45. The first-order valence-corrected chi connectivity index (χ1v) is 9.66. The van der Waals surface area contributed by atoms with Crippen LogP contribution >= 0.6 is 23.4 Å².